The molecule has 2 aliphatic heterocycles. The van der Waals surface area contributed by atoms with Crippen LogP contribution in [0.15, 0.2) is 110 Å². The van der Waals surface area contributed by atoms with Crippen molar-refractivity contribution in [2.45, 2.75) is 76.8 Å². The number of alkyl halides is 6. The van der Waals surface area contributed by atoms with Gasteiger partial charge in [0.2, 0.25) is 0 Å². The molecule has 10 nitrogen and oxygen atoms in total. The molecule has 16 heteroatoms. The third kappa shape index (κ3) is 12.8. The van der Waals surface area contributed by atoms with Crippen molar-refractivity contribution in [2.24, 2.45) is 0 Å². The second-order valence-electron chi connectivity index (χ2n) is 16.9. The van der Waals surface area contributed by atoms with E-state index in [4.69, 9.17) is 9.47 Å². The van der Waals surface area contributed by atoms with Crippen molar-refractivity contribution in [3.63, 3.8) is 0 Å². The summed E-state index contributed by atoms with van der Waals surface area (Å²) in [6.07, 6.45) is 1.83. The van der Waals surface area contributed by atoms with Crippen LogP contribution in [0.4, 0.5) is 26.3 Å². The molecule has 2 atom stereocenters. The lowest BCUT2D eigenvalue weighted by molar-refractivity contribution is -0.154. The molecule has 0 amide bonds. The highest BCUT2D eigenvalue weighted by atomic mass is 19.4. The number of aromatic carboxylic acids is 2. The van der Waals surface area contributed by atoms with Crippen molar-refractivity contribution in [1.29, 1.82) is 0 Å². The number of nitrogens with one attached hydrogen (secondary N) is 2. The zero-order valence-electron chi connectivity index (χ0n) is 37.3. The molecule has 2 aliphatic rings. The molecule has 0 aliphatic carbocycles. The molecule has 2 aromatic heterocycles. The predicted molar refractivity (Wildman–Crippen MR) is 244 cm³/mol. The van der Waals surface area contributed by atoms with Gasteiger partial charge in [-0.2, -0.15) is 26.3 Å². The smallest absolute Gasteiger partial charge is 0.422 e. The molecule has 356 valence electrons. The summed E-state index contributed by atoms with van der Waals surface area (Å²) < 4.78 is 84.3. The molecule has 0 radical (unpaired) electrons. The highest BCUT2D eigenvalue weighted by molar-refractivity contribution is 5.89. The monoisotopic (exact) mass is 940 g/mol. The van der Waals surface area contributed by atoms with Gasteiger partial charge in [-0.3, -0.25) is 9.97 Å². The highest BCUT2D eigenvalue weighted by Gasteiger charge is 2.30. The lowest BCUT2D eigenvalue weighted by Crippen LogP contribution is -2.30. The fourth-order valence-electron chi connectivity index (χ4n) is 8.86. The van der Waals surface area contributed by atoms with Crippen LogP contribution in [0.2, 0.25) is 0 Å². The minimum absolute atomic E-state index is 0.0962. The summed E-state index contributed by atoms with van der Waals surface area (Å²) in [6.45, 7) is 2.70. The topological polar surface area (TPSA) is 143 Å². The van der Waals surface area contributed by atoms with Gasteiger partial charge in [0.1, 0.15) is 11.5 Å². The molecular weight excluding hydrogens is 891 g/mol. The first-order valence-electron chi connectivity index (χ1n) is 22.1. The van der Waals surface area contributed by atoms with Gasteiger partial charge in [-0.25, -0.2) is 9.59 Å². The van der Waals surface area contributed by atoms with E-state index < -0.39 is 37.5 Å². The largest absolute Gasteiger partial charge is 0.484 e. The maximum absolute atomic E-state index is 12.4. The lowest BCUT2D eigenvalue weighted by Gasteiger charge is -2.28. The summed E-state index contributed by atoms with van der Waals surface area (Å²) in [5.74, 6) is -1.53. The number of halogens is 6. The van der Waals surface area contributed by atoms with Crippen LogP contribution in [0, 0.1) is 13.8 Å². The number of carboxylic acid groups (broad SMARTS) is 2. The Morgan fingerprint density at radius 1 is 0.603 bits per heavy atom. The van der Waals surface area contributed by atoms with Crippen LogP contribution in [0.3, 0.4) is 0 Å². The molecule has 0 spiro atoms. The molecule has 68 heavy (non-hydrogen) atoms. The fourth-order valence-corrected chi connectivity index (χ4v) is 8.86. The molecule has 4 N–H and O–H groups in total. The number of rotatable bonds is 14. The molecule has 4 aromatic carbocycles. The van der Waals surface area contributed by atoms with Crippen molar-refractivity contribution in [3.05, 3.63) is 165 Å². The number of fused-ring (bicyclic) bond motifs is 2. The van der Waals surface area contributed by atoms with Crippen molar-refractivity contribution in [3.8, 4) is 33.8 Å². The van der Waals surface area contributed by atoms with Crippen LogP contribution in [-0.2, 0) is 25.7 Å². The first-order valence-corrected chi connectivity index (χ1v) is 22.1. The number of carbonyl (C=O) groups is 2. The van der Waals surface area contributed by atoms with Crippen LogP contribution in [0.25, 0.3) is 22.3 Å². The summed E-state index contributed by atoms with van der Waals surface area (Å²) in [4.78, 5) is 31.1. The Labute approximate surface area is 389 Å². The Kier molecular flexibility index (Phi) is 15.5. The number of pyridine rings is 2. The van der Waals surface area contributed by atoms with Crippen molar-refractivity contribution in [2.75, 3.05) is 26.3 Å². The standard InChI is InChI=1S/2C26H25F3N2O3/c2*1-16-12-20(34-15-26(27,28)29)4-6-21(16)17-2-5-22-18(13-17)8-11-31-24(22)7-3-19-14-30-10-9-23(19)25(32)33/h2*2,4-6,9-10,12-14,24,31H,3,7-8,11,15H2,1H3,(H,32,33)/t2*24-/m10/s1. The van der Waals surface area contributed by atoms with Gasteiger partial charge in [0, 0.05) is 36.9 Å². The number of aromatic nitrogens is 2. The van der Waals surface area contributed by atoms with E-state index in [1.807, 2.05) is 26.0 Å². The highest BCUT2D eigenvalue weighted by Crippen LogP contribution is 2.36. The Bertz CT molecular complexity index is 2570. The molecule has 0 bridgehead atoms. The zero-order valence-corrected chi connectivity index (χ0v) is 37.3. The quantitative estimate of drug-likeness (QED) is 0.0780. The lowest BCUT2D eigenvalue weighted by atomic mass is 9.87. The van der Waals surface area contributed by atoms with Gasteiger partial charge in [0.15, 0.2) is 13.2 Å². The maximum atomic E-state index is 12.4. The van der Waals surface area contributed by atoms with E-state index in [0.29, 0.717) is 24.0 Å². The van der Waals surface area contributed by atoms with Crippen LogP contribution in [0.5, 0.6) is 11.5 Å². The fraction of sp³-hybridized carbons (Fsp3) is 0.308. The molecule has 0 unspecified atom stereocenters. The number of aryl methyl sites for hydroxylation is 4. The Balaban J connectivity index is 0.000000201. The number of hydrogen-bond donors (Lipinski definition) is 4. The number of ether oxygens (including phenoxy) is 2. The first-order chi connectivity index (χ1) is 32.4. The SMILES string of the molecule is Cc1cc(OCC(F)(F)F)ccc1-c1ccc2c(c1)CCN[C@@H]2CCc1cnccc1C(=O)O.Cc1cc(OCC(F)(F)F)ccc1-c1ccc2c(c1)CCN[C@H]2CCc1cnccc1C(=O)O. The van der Waals surface area contributed by atoms with Crippen LogP contribution in [-0.4, -0.2) is 70.8 Å². The predicted octanol–water partition coefficient (Wildman–Crippen LogP) is 11.0. The van der Waals surface area contributed by atoms with Crippen LogP contribution >= 0.6 is 0 Å². The summed E-state index contributed by atoms with van der Waals surface area (Å²) in [6, 6.07) is 25.6. The first kappa shape index (κ1) is 49.1. The Morgan fingerprint density at radius 2 is 1.01 bits per heavy atom. The summed E-state index contributed by atoms with van der Waals surface area (Å²) in [7, 11) is 0. The van der Waals surface area contributed by atoms with E-state index in [1.165, 1.54) is 46.8 Å². The van der Waals surface area contributed by atoms with E-state index in [-0.39, 0.29) is 34.7 Å². The van der Waals surface area contributed by atoms with Gasteiger partial charge < -0.3 is 30.3 Å². The van der Waals surface area contributed by atoms with Gasteiger partial charge in [0.05, 0.1) is 11.1 Å². The van der Waals surface area contributed by atoms with Crippen molar-refractivity contribution in [1.82, 2.24) is 20.6 Å². The van der Waals surface area contributed by atoms with E-state index in [0.717, 1.165) is 72.2 Å². The van der Waals surface area contributed by atoms with Crippen LogP contribution < -0.4 is 20.1 Å². The molecule has 0 fully saturated rings. The summed E-state index contributed by atoms with van der Waals surface area (Å²) >= 11 is 0. The van der Waals surface area contributed by atoms with E-state index in [9.17, 15) is 46.1 Å². The van der Waals surface area contributed by atoms with Gasteiger partial charge in [-0.1, -0.05) is 48.5 Å². The van der Waals surface area contributed by atoms with Gasteiger partial charge in [-0.15, -0.1) is 0 Å². The summed E-state index contributed by atoms with van der Waals surface area (Å²) in [5.41, 5.74) is 12.3. The minimum Gasteiger partial charge on any atom is -0.484 e. The average Bonchev–Trinajstić information content (AvgIpc) is 3.31. The van der Waals surface area contributed by atoms with E-state index >= 15 is 0 Å². The normalized spacial score (nSPS) is 15.6. The maximum Gasteiger partial charge on any atom is 0.422 e. The Morgan fingerprint density at radius 3 is 1.38 bits per heavy atom. The van der Waals surface area contributed by atoms with Crippen molar-refractivity contribution < 1.29 is 55.6 Å². The third-order valence-electron chi connectivity index (χ3n) is 12.1. The Hall–Kier alpha value is -6.78. The van der Waals surface area contributed by atoms with E-state index in [1.54, 1.807) is 48.8 Å². The van der Waals surface area contributed by atoms with Gasteiger partial charge >= 0.3 is 24.3 Å². The number of nitrogens with zero attached hydrogens (tertiary/aromatic N) is 2. The van der Waals surface area contributed by atoms with Crippen molar-refractivity contribution >= 4 is 11.9 Å². The summed E-state index contributed by atoms with van der Waals surface area (Å²) in [5, 5.41) is 25.9. The van der Waals surface area contributed by atoms with Gasteiger partial charge in [0.25, 0.3) is 0 Å². The molecule has 8 rings (SSSR count). The molecule has 0 saturated heterocycles. The zero-order chi connectivity index (χ0) is 48.6. The second-order valence-corrected chi connectivity index (χ2v) is 16.9. The third-order valence-corrected chi connectivity index (χ3v) is 12.1. The molecule has 4 heterocycles. The number of benzene rings is 4. The van der Waals surface area contributed by atoms with Gasteiger partial charge in [-0.05, 0) is 169 Å². The molecule has 0 saturated carbocycles. The average molecular weight is 941 g/mol. The number of carboxylic acids is 2. The second kappa shape index (κ2) is 21.5. The van der Waals surface area contributed by atoms with E-state index in [2.05, 4.69) is 44.9 Å². The number of hydrogen-bond acceptors (Lipinski definition) is 8. The molecular formula is C52H50F6N4O6. The minimum atomic E-state index is -4.37. The molecule has 6 aromatic rings. The van der Waals surface area contributed by atoms with Crippen LogP contribution in [0.1, 0.15) is 90.1 Å².